The van der Waals surface area contributed by atoms with E-state index in [0.717, 1.165) is 5.56 Å². The van der Waals surface area contributed by atoms with Gasteiger partial charge < -0.3 is 10.5 Å². The third-order valence-corrected chi connectivity index (χ3v) is 7.35. The number of aromatic nitrogens is 2. The topological polar surface area (TPSA) is 116 Å². The van der Waals surface area contributed by atoms with Crippen LogP contribution in [0.25, 0.3) is 27.7 Å². The van der Waals surface area contributed by atoms with Crippen molar-refractivity contribution in [3.8, 4) is 22.6 Å². The molecule has 0 bridgehead atoms. The summed E-state index contributed by atoms with van der Waals surface area (Å²) in [5.74, 6) is 0.454. The third kappa shape index (κ3) is 4.64. The molecule has 0 radical (unpaired) electrons. The van der Waals surface area contributed by atoms with Gasteiger partial charge in [-0.25, -0.2) is 18.0 Å². The highest BCUT2D eigenvalue weighted by molar-refractivity contribution is 7.92. The van der Waals surface area contributed by atoms with Crippen LogP contribution in [0.15, 0.2) is 101 Å². The summed E-state index contributed by atoms with van der Waals surface area (Å²) in [6, 6.07) is 26.1. The number of ether oxygens (including phenoxy) is 1. The quantitative estimate of drug-likeness (QED) is 0.339. The molecule has 1 heterocycles. The molecule has 5 rings (SSSR count). The maximum Gasteiger partial charge on any atom is 0.267 e. The molecule has 0 amide bonds. The van der Waals surface area contributed by atoms with Gasteiger partial charge in [-0.3, -0.25) is 9.52 Å². The van der Waals surface area contributed by atoms with Gasteiger partial charge in [0.1, 0.15) is 5.75 Å². The van der Waals surface area contributed by atoms with Gasteiger partial charge in [-0.1, -0.05) is 42.5 Å². The second-order valence-corrected chi connectivity index (χ2v) is 10.2. The standard InChI is InChI=1S/C28H24N4O4S/c1-18-7-6-10-22(15-18)37(34,35)31-25-17-20(12-14-26(25)36-2)19-11-13-24-23(16-19)27(33)32(28(29)30-24)21-8-4-3-5-9-21/h3-17,31H,1-2H3,(H2,29,30). The summed E-state index contributed by atoms with van der Waals surface area (Å²) >= 11 is 0. The summed E-state index contributed by atoms with van der Waals surface area (Å²) in [5.41, 5.74) is 9.38. The zero-order valence-corrected chi connectivity index (χ0v) is 21.0. The number of methoxy groups -OCH3 is 1. The molecule has 0 aliphatic carbocycles. The predicted octanol–water partition coefficient (Wildman–Crippen LogP) is 4.75. The maximum absolute atomic E-state index is 13.4. The Morgan fingerprint density at radius 3 is 2.35 bits per heavy atom. The lowest BCUT2D eigenvalue weighted by Gasteiger charge is -2.14. The summed E-state index contributed by atoms with van der Waals surface area (Å²) < 4.78 is 35.5. The number of sulfonamides is 1. The molecule has 8 nitrogen and oxygen atoms in total. The highest BCUT2D eigenvalue weighted by Crippen LogP contribution is 2.33. The Morgan fingerprint density at radius 2 is 1.62 bits per heavy atom. The fourth-order valence-corrected chi connectivity index (χ4v) is 5.33. The summed E-state index contributed by atoms with van der Waals surface area (Å²) in [7, 11) is -2.39. The van der Waals surface area contributed by atoms with Gasteiger partial charge in [0.05, 0.1) is 34.3 Å². The van der Waals surface area contributed by atoms with Crippen LogP contribution in [0.4, 0.5) is 11.6 Å². The van der Waals surface area contributed by atoms with Gasteiger partial charge in [-0.2, -0.15) is 0 Å². The van der Waals surface area contributed by atoms with Gasteiger partial charge in [0.25, 0.3) is 15.6 Å². The van der Waals surface area contributed by atoms with Crippen LogP contribution < -0.4 is 20.8 Å². The van der Waals surface area contributed by atoms with E-state index in [9.17, 15) is 13.2 Å². The SMILES string of the molecule is COc1ccc(-c2ccc3nc(N)n(-c4ccccc4)c(=O)c3c2)cc1NS(=O)(=O)c1cccc(C)c1. The van der Waals surface area contributed by atoms with Crippen molar-refractivity contribution in [1.29, 1.82) is 0 Å². The smallest absolute Gasteiger partial charge is 0.267 e. The highest BCUT2D eigenvalue weighted by atomic mass is 32.2. The van der Waals surface area contributed by atoms with Crippen LogP contribution in [-0.2, 0) is 10.0 Å². The molecule has 0 fully saturated rings. The largest absolute Gasteiger partial charge is 0.495 e. The van der Waals surface area contributed by atoms with Crippen LogP contribution in [0.1, 0.15) is 5.56 Å². The molecule has 0 aliphatic heterocycles. The van der Waals surface area contributed by atoms with Crippen molar-refractivity contribution in [1.82, 2.24) is 9.55 Å². The van der Waals surface area contributed by atoms with Crippen molar-refractivity contribution < 1.29 is 13.2 Å². The van der Waals surface area contributed by atoms with Crippen LogP contribution in [0, 0.1) is 6.92 Å². The molecule has 9 heteroatoms. The molecule has 1 aromatic heterocycles. The number of nitrogens with zero attached hydrogens (tertiary/aromatic N) is 2. The third-order valence-electron chi connectivity index (χ3n) is 5.99. The molecular formula is C28H24N4O4S. The van der Waals surface area contributed by atoms with Crippen LogP contribution >= 0.6 is 0 Å². The average Bonchev–Trinajstić information content (AvgIpc) is 2.89. The second kappa shape index (κ2) is 9.44. The van der Waals surface area contributed by atoms with E-state index in [1.54, 1.807) is 54.6 Å². The number of rotatable bonds is 6. The van der Waals surface area contributed by atoms with Gasteiger partial charge in [0.15, 0.2) is 0 Å². The molecular weight excluding hydrogens is 488 g/mol. The molecule has 0 aliphatic rings. The fraction of sp³-hybridized carbons (Fsp3) is 0.0714. The molecule has 5 aromatic rings. The van der Waals surface area contributed by atoms with Crippen LogP contribution in [0.2, 0.25) is 0 Å². The normalized spacial score (nSPS) is 11.4. The lowest BCUT2D eigenvalue weighted by molar-refractivity contribution is 0.417. The number of fused-ring (bicyclic) bond motifs is 1. The molecule has 0 saturated heterocycles. The zero-order valence-electron chi connectivity index (χ0n) is 20.2. The Labute approximate surface area is 214 Å². The fourth-order valence-electron chi connectivity index (χ4n) is 4.16. The molecule has 0 unspecified atom stereocenters. The lowest BCUT2D eigenvalue weighted by atomic mass is 10.0. The van der Waals surface area contributed by atoms with E-state index in [0.29, 0.717) is 33.5 Å². The van der Waals surface area contributed by atoms with Crippen molar-refractivity contribution in [2.75, 3.05) is 17.6 Å². The summed E-state index contributed by atoms with van der Waals surface area (Å²) in [6.07, 6.45) is 0. The molecule has 0 atom stereocenters. The van der Waals surface area contributed by atoms with Gasteiger partial charge in [0, 0.05) is 0 Å². The van der Waals surface area contributed by atoms with Crippen molar-refractivity contribution in [3.63, 3.8) is 0 Å². The van der Waals surface area contributed by atoms with E-state index in [1.807, 2.05) is 37.3 Å². The number of nitrogens with two attached hydrogens (primary N) is 1. The number of nitrogen functional groups attached to an aromatic ring is 1. The minimum atomic E-state index is -3.86. The molecule has 4 aromatic carbocycles. The lowest BCUT2D eigenvalue weighted by Crippen LogP contribution is -2.23. The molecule has 37 heavy (non-hydrogen) atoms. The zero-order chi connectivity index (χ0) is 26.2. The van der Waals surface area contributed by atoms with Crippen molar-refractivity contribution in [3.05, 3.63) is 107 Å². The second-order valence-electron chi connectivity index (χ2n) is 8.52. The first-order valence-electron chi connectivity index (χ1n) is 11.4. The number of hydrogen-bond acceptors (Lipinski definition) is 6. The molecule has 0 saturated carbocycles. The molecule has 0 spiro atoms. The first-order valence-corrected chi connectivity index (χ1v) is 12.9. The summed E-state index contributed by atoms with van der Waals surface area (Å²) in [4.78, 5) is 18.0. The minimum Gasteiger partial charge on any atom is -0.495 e. The van der Waals surface area contributed by atoms with Crippen LogP contribution in [0.5, 0.6) is 5.75 Å². The first-order chi connectivity index (χ1) is 17.8. The number of para-hydroxylation sites is 1. The van der Waals surface area contributed by atoms with Crippen LogP contribution in [-0.4, -0.2) is 25.1 Å². The Bertz CT molecular complexity index is 1800. The Balaban J connectivity index is 1.60. The number of aryl methyl sites for hydroxylation is 1. The number of nitrogens with one attached hydrogen (secondary N) is 1. The van der Waals surface area contributed by atoms with Crippen LogP contribution in [0.3, 0.4) is 0 Å². The first kappa shape index (κ1) is 24.1. The van der Waals surface area contributed by atoms with E-state index < -0.39 is 10.0 Å². The number of anilines is 2. The number of benzene rings is 4. The molecule has 3 N–H and O–H groups in total. The van der Waals surface area contributed by atoms with Crippen molar-refractivity contribution >= 4 is 32.6 Å². The maximum atomic E-state index is 13.4. The highest BCUT2D eigenvalue weighted by Gasteiger charge is 2.18. The van der Waals surface area contributed by atoms with Gasteiger partial charge in [-0.05, 0) is 72.1 Å². The van der Waals surface area contributed by atoms with E-state index in [1.165, 1.54) is 17.7 Å². The monoisotopic (exact) mass is 512 g/mol. The Hall–Kier alpha value is -4.63. The van der Waals surface area contributed by atoms with Gasteiger partial charge in [0.2, 0.25) is 5.95 Å². The van der Waals surface area contributed by atoms with Crippen molar-refractivity contribution in [2.24, 2.45) is 0 Å². The predicted molar refractivity (Wildman–Crippen MR) is 146 cm³/mol. The minimum absolute atomic E-state index is 0.0914. The van der Waals surface area contributed by atoms with E-state index in [2.05, 4.69) is 9.71 Å². The summed E-state index contributed by atoms with van der Waals surface area (Å²) in [6.45, 7) is 1.83. The van der Waals surface area contributed by atoms with Gasteiger partial charge in [-0.15, -0.1) is 0 Å². The van der Waals surface area contributed by atoms with E-state index in [4.69, 9.17) is 10.5 Å². The summed E-state index contributed by atoms with van der Waals surface area (Å²) in [5, 5.41) is 0.383. The molecule has 186 valence electrons. The van der Waals surface area contributed by atoms with E-state index >= 15 is 0 Å². The Morgan fingerprint density at radius 1 is 0.892 bits per heavy atom. The van der Waals surface area contributed by atoms with Gasteiger partial charge >= 0.3 is 0 Å². The average molecular weight is 513 g/mol. The van der Waals surface area contributed by atoms with E-state index in [-0.39, 0.29) is 22.1 Å². The Kier molecular flexibility index (Phi) is 6.14. The van der Waals surface area contributed by atoms with Crippen molar-refractivity contribution in [2.45, 2.75) is 11.8 Å². The number of hydrogen-bond donors (Lipinski definition) is 2.